The quantitative estimate of drug-likeness (QED) is 0.420. The lowest BCUT2D eigenvalue weighted by atomic mass is 10.1. The van der Waals surface area contributed by atoms with Crippen molar-refractivity contribution in [2.75, 3.05) is 20.1 Å². The van der Waals surface area contributed by atoms with Crippen molar-refractivity contribution >= 4 is 12.1 Å². The van der Waals surface area contributed by atoms with Crippen LogP contribution in [-0.4, -0.2) is 37.8 Å². The van der Waals surface area contributed by atoms with E-state index in [1.165, 1.54) is 16.7 Å². The summed E-state index contributed by atoms with van der Waals surface area (Å²) in [4.78, 5) is 15.8. The number of hydrogen-bond acceptors (Lipinski definition) is 3. The normalized spacial score (nSPS) is 11.8. The van der Waals surface area contributed by atoms with Gasteiger partial charge in [0.1, 0.15) is 5.60 Å². The number of amides is 1. The van der Waals surface area contributed by atoms with E-state index >= 15 is 0 Å². The Labute approximate surface area is 151 Å². The maximum atomic E-state index is 11.5. The zero-order valence-corrected chi connectivity index (χ0v) is 16.3. The van der Waals surface area contributed by atoms with Crippen LogP contribution < -0.4 is 16.0 Å². The summed E-state index contributed by atoms with van der Waals surface area (Å²) in [5.41, 5.74) is 3.31. The van der Waals surface area contributed by atoms with Gasteiger partial charge >= 0.3 is 6.09 Å². The second kappa shape index (κ2) is 9.91. The Kier molecular flexibility index (Phi) is 8.25. The Hall–Kier alpha value is -2.24. The van der Waals surface area contributed by atoms with Crippen LogP contribution in [0.2, 0.25) is 0 Å². The Morgan fingerprint density at radius 1 is 1.12 bits per heavy atom. The van der Waals surface area contributed by atoms with Crippen LogP contribution in [0.5, 0.6) is 0 Å². The summed E-state index contributed by atoms with van der Waals surface area (Å²) in [7, 11) is 1.75. The van der Waals surface area contributed by atoms with Gasteiger partial charge in [-0.1, -0.05) is 23.8 Å². The zero-order chi connectivity index (χ0) is 18.9. The van der Waals surface area contributed by atoms with Gasteiger partial charge in [-0.05, 0) is 52.2 Å². The number of benzene rings is 1. The van der Waals surface area contributed by atoms with Crippen molar-refractivity contribution in [2.24, 2.45) is 4.99 Å². The van der Waals surface area contributed by atoms with E-state index in [0.29, 0.717) is 13.1 Å². The van der Waals surface area contributed by atoms with Crippen molar-refractivity contribution in [1.82, 2.24) is 16.0 Å². The molecular weight excluding hydrogens is 316 g/mol. The van der Waals surface area contributed by atoms with Gasteiger partial charge in [-0.3, -0.25) is 4.99 Å². The summed E-state index contributed by atoms with van der Waals surface area (Å²) in [6, 6.07) is 6.42. The lowest BCUT2D eigenvalue weighted by molar-refractivity contribution is 0.0527. The standard InChI is InChI=1S/C19H32N4O2/c1-14-8-9-16(15(2)12-14)13-23-17(20-6)21-10-7-11-22-18(24)25-19(3,4)5/h8-9,12H,7,10-11,13H2,1-6H3,(H,22,24)(H2,20,21,23). The number of carbonyl (C=O) groups excluding carboxylic acids is 1. The Morgan fingerprint density at radius 2 is 1.80 bits per heavy atom. The molecule has 0 aromatic heterocycles. The molecule has 0 atom stereocenters. The van der Waals surface area contributed by atoms with Gasteiger partial charge in [0, 0.05) is 26.7 Å². The van der Waals surface area contributed by atoms with Crippen molar-refractivity contribution in [3.8, 4) is 0 Å². The molecule has 0 saturated heterocycles. The van der Waals surface area contributed by atoms with Crippen molar-refractivity contribution < 1.29 is 9.53 Å². The van der Waals surface area contributed by atoms with E-state index in [9.17, 15) is 4.79 Å². The minimum Gasteiger partial charge on any atom is -0.444 e. The molecule has 0 radical (unpaired) electrons. The fourth-order valence-corrected chi connectivity index (χ4v) is 2.24. The molecule has 1 aromatic carbocycles. The summed E-state index contributed by atoms with van der Waals surface area (Å²) in [6.07, 6.45) is 0.397. The molecule has 0 unspecified atom stereocenters. The van der Waals surface area contributed by atoms with Gasteiger partial charge < -0.3 is 20.7 Å². The largest absolute Gasteiger partial charge is 0.444 e. The number of carbonyl (C=O) groups is 1. The summed E-state index contributed by atoms with van der Waals surface area (Å²) in [5.74, 6) is 0.747. The molecule has 6 nitrogen and oxygen atoms in total. The highest BCUT2D eigenvalue weighted by molar-refractivity contribution is 5.79. The summed E-state index contributed by atoms with van der Waals surface area (Å²) in [5, 5.41) is 9.28. The molecule has 0 heterocycles. The zero-order valence-electron chi connectivity index (χ0n) is 16.3. The number of nitrogens with one attached hydrogen (secondary N) is 3. The van der Waals surface area contributed by atoms with E-state index in [1.54, 1.807) is 7.05 Å². The number of alkyl carbamates (subject to hydrolysis) is 1. The topological polar surface area (TPSA) is 74.8 Å². The number of nitrogens with zero attached hydrogens (tertiary/aromatic N) is 1. The highest BCUT2D eigenvalue weighted by atomic mass is 16.6. The number of guanidine groups is 1. The Bertz CT molecular complexity index is 592. The molecule has 1 aromatic rings. The Morgan fingerprint density at radius 3 is 2.40 bits per heavy atom. The predicted octanol–water partition coefficient (Wildman–Crippen LogP) is 2.88. The maximum absolute atomic E-state index is 11.5. The molecule has 0 spiro atoms. The minimum atomic E-state index is -0.470. The van der Waals surface area contributed by atoms with Crippen LogP contribution in [0.4, 0.5) is 4.79 Å². The monoisotopic (exact) mass is 348 g/mol. The molecule has 0 aliphatic carbocycles. The second-order valence-corrected chi connectivity index (χ2v) is 7.06. The van der Waals surface area contributed by atoms with E-state index < -0.39 is 5.60 Å². The van der Waals surface area contributed by atoms with Crippen LogP contribution in [-0.2, 0) is 11.3 Å². The molecule has 140 valence electrons. The highest BCUT2D eigenvalue weighted by Gasteiger charge is 2.15. The van der Waals surface area contributed by atoms with E-state index in [-0.39, 0.29) is 6.09 Å². The first-order valence-electron chi connectivity index (χ1n) is 8.69. The van der Waals surface area contributed by atoms with Crippen molar-refractivity contribution in [1.29, 1.82) is 0 Å². The number of ether oxygens (including phenoxy) is 1. The molecule has 1 amide bonds. The van der Waals surface area contributed by atoms with Gasteiger partial charge in [-0.15, -0.1) is 0 Å². The molecule has 6 heteroatoms. The molecule has 0 aliphatic heterocycles. The van der Waals surface area contributed by atoms with Crippen molar-refractivity contribution in [3.63, 3.8) is 0 Å². The summed E-state index contributed by atoms with van der Waals surface area (Å²) >= 11 is 0. The number of aliphatic imine (C=N–C) groups is 1. The Balaban J connectivity index is 2.25. The van der Waals surface area contributed by atoms with Crippen LogP contribution in [0, 0.1) is 13.8 Å². The maximum Gasteiger partial charge on any atom is 0.407 e. The smallest absolute Gasteiger partial charge is 0.407 e. The molecule has 1 rings (SSSR count). The van der Waals surface area contributed by atoms with E-state index in [1.807, 2.05) is 20.8 Å². The molecule has 3 N–H and O–H groups in total. The summed E-state index contributed by atoms with van der Waals surface area (Å²) < 4.78 is 5.19. The molecule has 0 bridgehead atoms. The average molecular weight is 348 g/mol. The van der Waals surface area contributed by atoms with Crippen LogP contribution in [0.3, 0.4) is 0 Å². The van der Waals surface area contributed by atoms with Gasteiger partial charge in [0.2, 0.25) is 0 Å². The van der Waals surface area contributed by atoms with Crippen LogP contribution >= 0.6 is 0 Å². The average Bonchev–Trinajstić information content (AvgIpc) is 2.49. The first-order valence-corrected chi connectivity index (χ1v) is 8.69. The van der Waals surface area contributed by atoms with E-state index in [2.05, 4.69) is 53.0 Å². The second-order valence-electron chi connectivity index (χ2n) is 7.06. The minimum absolute atomic E-state index is 0.384. The molecule has 25 heavy (non-hydrogen) atoms. The third kappa shape index (κ3) is 8.98. The molecule has 0 fully saturated rings. The molecular formula is C19H32N4O2. The van der Waals surface area contributed by atoms with Gasteiger partial charge in [0.25, 0.3) is 0 Å². The SMILES string of the molecule is CN=C(NCCCNC(=O)OC(C)(C)C)NCc1ccc(C)cc1C. The van der Waals surface area contributed by atoms with Crippen molar-refractivity contribution in [3.05, 3.63) is 34.9 Å². The van der Waals surface area contributed by atoms with Gasteiger partial charge in [0.05, 0.1) is 0 Å². The lowest BCUT2D eigenvalue weighted by Gasteiger charge is -2.19. The van der Waals surface area contributed by atoms with Gasteiger partial charge in [-0.2, -0.15) is 0 Å². The highest BCUT2D eigenvalue weighted by Crippen LogP contribution is 2.10. The van der Waals surface area contributed by atoms with Crippen molar-refractivity contribution in [2.45, 2.75) is 53.2 Å². The van der Waals surface area contributed by atoms with Crippen LogP contribution in [0.1, 0.15) is 43.9 Å². The first-order chi connectivity index (χ1) is 11.7. The first kappa shape index (κ1) is 20.8. The fraction of sp³-hybridized carbons (Fsp3) is 0.579. The molecule has 0 aliphatic rings. The lowest BCUT2D eigenvalue weighted by Crippen LogP contribution is -2.39. The number of rotatable bonds is 6. The van der Waals surface area contributed by atoms with E-state index in [0.717, 1.165) is 18.9 Å². The number of hydrogen-bond donors (Lipinski definition) is 3. The predicted molar refractivity (Wildman–Crippen MR) is 103 cm³/mol. The van der Waals surface area contributed by atoms with Crippen LogP contribution in [0.15, 0.2) is 23.2 Å². The third-order valence-corrected chi connectivity index (χ3v) is 3.48. The third-order valence-electron chi connectivity index (χ3n) is 3.48. The summed E-state index contributed by atoms with van der Waals surface area (Å²) in [6.45, 7) is 11.7. The molecule has 0 saturated carbocycles. The van der Waals surface area contributed by atoms with Gasteiger partial charge in [0.15, 0.2) is 5.96 Å². The van der Waals surface area contributed by atoms with E-state index in [4.69, 9.17) is 4.74 Å². The van der Waals surface area contributed by atoms with Crippen LogP contribution in [0.25, 0.3) is 0 Å². The number of aryl methyl sites for hydroxylation is 2. The fourth-order valence-electron chi connectivity index (χ4n) is 2.24. The van der Waals surface area contributed by atoms with Gasteiger partial charge in [-0.25, -0.2) is 4.79 Å².